The van der Waals surface area contributed by atoms with Crippen LogP contribution < -0.4 is 10.2 Å². The molecule has 0 bridgehead atoms. The Bertz CT molecular complexity index is 1040. The van der Waals surface area contributed by atoms with Crippen molar-refractivity contribution in [2.24, 2.45) is 9.98 Å². The number of anilines is 2. The molecule has 28 heavy (non-hydrogen) atoms. The lowest BCUT2D eigenvalue weighted by Crippen LogP contribution is -2.36. The molecule has 0 saturated carbocycles. The van der Waals surface area contributed by atoms with Crippen LogP contribution >= 0.6 is 11.6 Å². The molecular weight excluding hydrogens is 376 g/mol. The average molecular weight is 395 g/mol. The number of pyridine rings is 2. The molecule has 0 aliphatic carbocycles. The van der Waals surface area contributed by atoms with Gasteiger partial charge in [0.05, 0.1) is 36.2 Å². The van der Waals surface area contributed by atoms with Gasteiger partial charge in [-0.3, -0.25) is 9.98 Å². The summed E-state index contributed by atoms with van der Waals surface area (Å²) in [6.45, 7) is 5.78. The molecule has 2 aromatic rings. The molecule has 0 aromatic carbocycles. The third kappa shape index (κ3) is 2.96. The zero-order valence-electron chi connectivity index (χ0n) is 15.4. The Kier molecular flexibility index (Phi) is 4.33. The van der Waals surface area contributed by atoms with Crippen LogP contribution in [0.3, 0.4) is 0 Å². The number of amidine groups is 1. The molecule has 0 unspecified atom stereocenters. The normalized spacial score (nSPS) is 18.7. The SMILES string of the molecule is CC1=C2N=C(c3ccncc3Cl)c3cnc(N4CCOCC4)cc3NC2=NC1. The third-order valence-electron chi connectivity index (χ3n) is 5.09. The van der Waals surface area contributed by atoms with Crippen molar-refractivity contribution in [2.75, 3.05) is 43.1 Å². The number of ether oxygens (including phenoxy) is 1. The smallest absolute Gasteiger partial charge is 0.152 e. The summed E-state index contributed by atoms with van der Waals surface area (Å²) < 4.78 is 5.46. The minimum Gasteiger partial charge on any atom is -0.378 e. The van der Waals surface area contributed by atoms with Crippen LogP contribution in [-0.4, -0.2) is 54.4 Å². The maximum Gasteiger partial charge on any atom is 0.152 e. The number of nitrogens with zero attached hydrogens (tertiary/aromatic N) is 5. The number of morpholine rings is 1. The lowest BCUT2D eigenvalue weighted by atomic mass is 10.0. The van der Waals surface area contributed by atoms with Crippen molar-refractivity contribution < 1.29 is 4.74 Å². The van der Waals surface area contributed by atoms with Gasteiger partial charge >= 0.3 is 0 Å². The maximum absolute atomic E-state index is 6.46. The molecule has 0 amide bonds. The van der Waals surface area contributed by atoms with E-state index in [1.54, 1.807) is 12.4 Å². The van der Waals surface area contributed by atoms with E-state index in [1.807, 2.05) is 12.3 Å². The van der Waals surface area contributed by atoms with Crippen LogP contribution in [0.5, 0.6) is 0 Å². The summed E-state index contributed by atoms with van der Waals surface area (Å²) in [5.41, 5.74) is 5.41. The van der Waals surface area contributed by atoms with Crippen molar-refractivity contribution in [3.05, 3.63) is 58.1 Å². The van der Waals surface area contributed by atoms with E-state index in [0.717, 1.165) is 58.5 Å². The second kappa shape index (κ2) is 7.00. The summed E-state index contributed by atoms with van der Waals surface area (Å²) in [5.74, 6) is 1.70. The molecular formula is C20H19ClN6O. The second-order valence-electron chi connectivity index (χ2n) is 6.92. The van der Waals surface area contributed by atoms with E-state index in [9.17, 15) is 0 Å². The average Bonchev–Trinajstić information content (AvgIpc) is 2.98. The topological polar surface area (TPSA) is 75.0 Å². The zero-order chi connectivity index (χ0) is 19.1. The van der Waals surface area contributed by atoms with Crippen LogP contribution in [0.1, 0.15) is 18.1 Å². The Morgan fingerprint density at radius 2 is 2.04 bits per heavy atom. The van der Waals surface area contributed by atoms with E-state index in [0.29, 0.717) is 24.8 Å². The minimum absolute atomic E-state index is 0.557. The van der Waals surface area contributed by atoms with Crippen LogP contribution in [0.2, 0.25) is 5.02 Å². The molecule has 142 valence electrons. The van der Waals surface area contributed by atoms with Gasteiger partial charge in [0.25, 0.3) is 0 Å². The van der Waals surface area contributed by atoms with Gasteiger partial charge in [0, 0.05) is 48.9 Å². The van der Waals surface area contributed by atoms with Crippen molar-refractivity contribution in [1.82, 2.24) is 9.97 Å². The summed E-state index contributed by atoms with van der Waals surface area (Å²) >= 11 is 6.46. The molecule has 7 nitrogen and oxygen atoms in total. The van der Waals surface area contributed by atoms with Gasteiger partial charge in [-0.05, 0) is 18.6 Å². The molecule has 5 rings (SSSR count). The number of nitrogens with one attached hydrogen (secondary N) is 1. The number of aromatic nitrogens is 2. The minimum atomic E-state index is 0.557. The lowest BCUT2D eigenvalue weighted by Gasteiger charge is -2.28. The lowest BCUT2D eigenvalue weighted by molar-refractivity contribution is 0.122. The number of fused-ring (bicyclic) bond motifs is 2. The molecule has 8 heteroatoms. The van der Waals surface area contributed by atoms with E-state index in [2.05, 4.69) is 33.2 Å². The van der Waals surface area contributed by atoms with Crippen molar-refractivity contribution in [2.45, 2.75) is 6.92 Å². The standard InChI is InChI=1S/C20H19ClN6O/c1-12-9-24-20-18(12)26-19(13-2-3-22-11-15(13)21)14-10-23-17(8-16(14)25-20)27-4-6-28-7-5-27/h2-3,8,10-11H,4-7,9H2,1H3,(H,24,25). The summed E-state index contributed by atoms with van der Waals surface area (Å²) in [6.07, 6.45) is 5.22. The Balaban J connectivity index is 1.66. The van der Waals surface area contributed by atoms with Gasteiger partial charge in [-0.1, -0.05) is 11.6 Å². The fourth-order valence-electron chi connectivity index (χ4n) is 3.57. The van der Waals surface area contributed by atoms with Gasteiger partial charge in [0.1, 0.15) is 11.5 Å². The Labute approximate surface area is 167 Å². The monoisotopic (exact) mass is 394 g/mol. The summed E-state index contributed by atoms with van der Waals surface area (Å²) in [6, 6.07) is 3.94. The van der Waals surface area contributed by atoms with E-state index in [4.69, 9.17) is 26.3 Å². The summed E-state index contributed by atoms with van der Waals surface area (Å²) in [5, 5.41) is 4.03. The highest BCUT2D eigenvalue weighted by molar-refractivity contribution is 6.36. The van der Waals surface area contributed by atoms with Gasteiger partial charge in [-0.2, -0.15) is 0 Å². The molecule has 1 fully saturated rings. The van der Waals surface area contributed by atoms with Gasteiger partial charge in [-0.15, -0.1) is 0 Å². The van der Waals surface area contributed by atoms with E-state index >= 15 is 0 Å². The van der Waals surface area contributed by atoms with Crippen LogP contribution in [0.15, 0.2) is 52.0 Å². The first-order valence-corrected chi connectivity index (χ1v) is 9.62. The molecule has 2 aromatic heterocycles. The first kappa shape index (κ1) is 17.3. The molecule has 3 aliphatic rings. The Morgan fingerprint density at radius 1 is 1.18 bits per heavy atom. The molecule has 1 saturated heterocycles. The van der Waals surface area contributed by atoms with Crippen LogP contribution in [-0.2, 0) is 4.74 Å². The van der Waals surface area contributed by atoms with E-state index in [-0.39, 0.29) is 0 Å². The molecule has 0 spiro atoms. The van der Waals surface area contributed by atoms with Crippen LogP contribution in [0.25, 0.3) is 0 Å². The van der Waals surface area contributed by atoms with Crippen molar-refractivity contribution in [3.8, 4) is 0 Å². The van der Waals surface area contributed by atoms with Crippen molar-refractivity contribution in [3.63, 3.8) is 0 Å². The fourth-order valence-corrected chi connectivity index (χ4v) is 3.78. The predicted octanol–water partition coefficient (Wildman–Crippen LogP) is 2.92. The first-order valence-electron chi connectivity index (χ1n) is 9.24. The maximum atomic E-state index is 6.46. The zero-order valence-corrected chi connectivity index (χ0v) is 16.2. The van der Waals surface area contributed by atoms with Gasteiger partial charge in [0.2, 0.25) is 0 Å². The van der Waals surface area contributed by atoms with Gasteiger partial charge in [0.15, 0.2) is 5.84 Å². The summed E-state index contributed by atoms with van der Waals surface area (Å²) in [7, 11) is 0. The molecule has 1 N–H and O–H groups in total. The van der Waals surface area contributed by atoms with Crippen LogP contribution in [0.4, 0.5) is 11.5 Å². The van der Waals surface area contributed by atoms with Gasteiger partial charge in [-0.25, -0.2) is 9.98 Å². The predicted molar refractivity (Wildman–Crippen MR) is 111 cm³/mol. The number of aliphatic imine (C=N–C) groups is 2. The fraction of sp³-hybridized carbons (Fsp3) is 0.300. The molecule has 5 heterocycles. The molecule has 0 radical (unpaired) electrons. The van der Waals surface area contributed by atoms with Crippen molar-refractivity contribution in [1.29, 1.82) is 0 Å². The van der Waals surface area contributed by atoms with Gasteiger partial charge < -0.3 is 15.0 Å². The first-order chi connectivity index (χ1) is 13.7. The molecule has 0 atom stereocenters. The quantitative estimate of drug-likeness (QED) is 0.847. The van der Waals surface area contributed by atoms with E-state index < -0.39 is 0 Å². The molecule has 3 aliphatic heterocycles. The van der Waals surface area contributed by atoms with Crippen molar-refractivity contribution >= 4 is 34.7 Å². The summed E-state index contributed by atoms with van der Waals surface area (Å²) in [4.78, 5) is 20.6. The highest BCUT2D eigenvalue weighted by atomic mass is 35.5. The number of hydrogen-bond donors (Lipinski definition) is 1. The second-order valence-corrected chi connectivity index (χ2v) is 7.33. The Morgan fingerprint density at radius 3 is 2.86 bits per heavy atom. The highest BCUT2D eigenvalue weighted by Crippen LogP contribution is 2.32. The largest absolute Gasteiger partial charge is 0.378 e. The number of rotatable bonds is 2. The third-order valence-corrected chi connectivity index (χ3v) is 5.39. The van der Waals surface area contributed by atoms with E-state index in [1.165, 1.54) is 0 Å². The van der Waals surface area contributed by atoms with Crippen LogP contribution in [0, 0.1) is 0 Å². The number of halogens is 1. The Hall–Kier alpha value is -2.77. The highest BCUT2D eigenvalue weighted by Gasteiger charge is 2.27. The number of hydrogen-bond acceptors (Lipinski definition) is 7.